The van der Waals surface area contributed by atoms with Crippen molar-refractivity contribution in [3.8, 4) is 0 Å². The molecule has 0 aliphatic carbocycles. The summed E-state index contributed by atoms with van der Waals surface area (Å²) in [5.41, 5.74) is -0.461. The Bertz CT molecular complexity index is 241. The molecule has 0 aliphatic heterocycles. The third-order valence-electron chi connectivity index (χ3n) is 2.00. The highest BCUT2D eigenvalue weighted by Gasteiger charge is 2.22. The Balaban J connectivity index is 3.98. The summed E-state index contributed by atoms with van der Waals surface area (Å²) in [6, 6.07) is 0. The van der Waals surface area contributed by atoms with Crippen LogP contribution in [0, 0.1) is 5.41 Å². The molecule has 3 nitrogen and oxygen atoms in total. The Hall–Kier alpha value is -0.480. The number of rotatable bonds is 5. The molecule has 16 heavy (non-hydrogen) atoms. The molecule has 0 amide bonds. The van der Waals surface area contributed by atoms with Crippen LogP contribution in [-0.4, -0.2) is 35.3 Å². The van der Waals surface area contributed by atoms with Crippen LogP contribution >= 0.6 is 11.8 Å². The summed E-state index contributed by atoms with van der Waals surface area (Å²) in [5.74, 6) is -0.213. The van der Waals surface area contributed by atoms with E-state index in [4.69, 9.17) is 4.74 Å². The van der Waals surface area contributed by atoms with Crippen molar-refractivity contribution in [1.29, 1.82) is 0 Å². The van der Waals surface area contributed by atoms with Gasteiger partial charge in [0.05, 0.1) is 11.5 Å². The van der Waals surface area contributed by atoms with Crippen LogP contribution in [-0.2, 0) is 9.53 Å². The van der Waals surface area contributed by atoms with Crippen molar-refractivity contribution in [2.75, 3.05) is 12.9 Å². The van der Waals surface area contributed by atoms with Crippen molar-refractivity contribution in [2.24, 2.45) is 5.41 Å². The van der Waals surface area contributed by atoms with Gasteiger partial charge >= 0.3 is 5.97 Å². The van der Waals surface area contributed by atoms with E-state index in [-0.39, 0.29) is 17.8 Å². The zero-order chi connectivity index (χ0) is 12.8. The van der Waals surface area contributed by atoms with Crippen LogP contribution in [0.1, 0.15) is 27.7 Å². The molecule has 0 heterocycles. The topological polar surface area (TPSA) is 46.5 Å². The zero-order valence-electron chi connectivity index (χ0n) is 10.7. The SMILES string of the molecule is CS[C@@H](/C=C/COC(=O)C(C)(C)C)[C@@H](C)O. The first-order chi connectivity index (χ1) is 7.29. The van der Waals surface area contributed by atoms with Gasteiger partial charge in [-0.05, 0) is 34.0 Å². The lowest BCUT2D eigenvalue weighted by Crippen LogP contribution is -2.23. The monoisotopic (exact) mass is 246 g/mol. The molecule has 0 aliphatic rings. The third kappa shape index (κ3) is 6.18. The predicted molar refractivity (Wildman–Crippen MR) is 68.5 cm³/mol. The van der Waals surface area contributed by atoms with E-state index in [0.717, 1.165) is 0 Å². The Labute approximate surface area is 102 Å². The Morgan fingerprint density at radius 3 is 2.44 bits per heavy atom. The van der Waals surface area contributed by atoms with Gasteiger partial charge in [-0.2, -0.15) is 11.8 Å². The first-order valence-electron chi connectivity index (χ1n) is 5.33. The summed E-state index contributed by atoms with van der Waals surface area (Å²) in [6.07, 6.45) is 5.18. The largest absolute Gasteiger partial charge is 0.461 e. The number of hydrogen-bond acceptors (Lipinski definition) is 4. The highest BCUT2D eigenvalue weighted by molar-refractivity contribution is 7.99. The van der Waals surface area contributed by atoms with Crippen molar-refractivity contribution >= 4 is 17.7 Å². The number of aliphatic hydroxyl groups excluding tert-OH is 1. The first-order valence-corrected chi connectivity index (χ1v) is 6.62. The van der Waals surface area contributed by atoms with E-state index >= 15 is 0 Å². The molecule has 0 saturated carbocycles. The number of ether oxygens (including phenoxy) is 1. The van der Waals surface area contributed by atoms with Crippen LogP contribution in [0.3, 0.4) is 0 Å². The van der Waals surface area contributed by atoms with E-state index in [2.05, 4.69) is 0 Å². The smallest absolute Gasteiger partial charge is 0.311 e. The number of carbonyl (C=O) groups excluding carboxylic acids is 1. The zero-order valence-corrected chi connectivity index (χ0v) is 11.5. The van der Waals surface area contributed by atoms with Gasteiger partial charge in [0.2, 0.25) is 0 Å². The highest BCUT2D eigenvalue weighted by atomic mass is 32.2. The minimum Gasteiger partial charge on any atom is -0.461 e. The second-order valence-electron chi connectivity index (χ2n) is 4.72. The van der Waals surface area contributed by atoms with Crippen molar-refractivity contribution in [3.63, 3.8) is 0 Å². The van der Waals surface area contributed by atoms with Crippen molar-refractivity contribution in [1.82, 2.24) is 0 Å². The number of carbonyl (C=O) groups is 1. The van der Waals surface area contributed by atoms with Gasteiger partial charge < -0.3 is 9.84 Å². The number of thioether (sulfide) groups is 1. The fraction of sp³-hybridized carbons (Fsp3) is 0.750. The molecule has 94 valence electrons. The Morgan fingerprint density at radius 2 is 2.06 bits per heavy atom. The van der Waals surface area contributed by atoms with Crippen LogP contribution < -0.4 is 0 Å². The maximum Gasteiger partial charge on any atom is 0.311 e. The second-order valence-corrected chi connectivity index (χ2v) is 5.73. The number of aliphatic hydroxyl groups is 1. The molecule has 0 saturated heterocycles. The lowest BCUT2D eigenvalue weighted by molar-refractivity contribution is -0.151. The summed E-state index contributed by atoms with van der Waals surface area (Å²) in [4.78, 5) is 11.4. The molecule has 0 radical (unpaired) electrons. The number of esters is 1. The highest BCUT2D eigenvalue weighted by Crippen LogP contribution is 2.15. The molecule has 0 bridgehead atoms. The van der Waals surface area contributed by atoms with E-state index in [9.17, 15) is 9.90 Å². The van der Waals surface area contributed by atoms with Crippen LogP contribution in [0.15, 0.2) is 12.2 Å². The van der Waals surface area contributed by atoms with E-state index in [1.807, 2.05) is 33.1 Å². The number of hydrogen-bond donors (Lipinski definition) is 1. The van der Waals surface area contributed by atoms with E-state index in [1.165, 1.54) is 0 Å². The van der Waals surface area contributed by atoms with Crippen LogP contribution in [0.4, 0.5) is 0 Å². The summed E-state index contributed by atoms with van der Waals surface area (Å²) in [7, 11) is 0. The van der Waals surface area contributed by atoms with Gasteiger partial charge in [-0.3, -0.25) is 4.79 Å². The minimum atomic E-state index is -0.461. The van der Waals surface area contributed by atoms with Crippen molar-refractivity contribution in [3.05, 3.63) is 12.2 Å². The fourth-order valence-corrected chi connectivity index (χ4v) is 1.63. The molecular formula is C12H22O3S. The van der Waals surface area contributed by atoms with E-state index in [0.29, 0.717) is 0 Å². The molecule has 0 aromatic carbocycles. The maximum absolute atomic E-state index is 11.4. The summed E-state index contributed by atoms with van der Waals surface area (Å²) < 4.78 is 5.06. The standard InChI is InChI=1S/C12H22O3S/c1-9(13)10(16-5)7-6-8-15-11(14)12(2,3)4/h6-7,9-10,13H,8H2,1-5H3/b7-6+/t9-,10+/m1/s1. The first kappa shape index (κ1) is 15.5. The van der Waals surface area contributed by atoms with Gasteiger partial charge in [0.15, 0.2) is 0 Å². The van der Waals surface area contributed by atoms with Gasteiger partial charge in [0.25, 0.3) is 0 Å². The molecule has 0 aromatic rings. The Morgan fingerprint density at radius 1 is 1.50 bits per heavy atom. The average Bonchev–Trinajstić information content (AvgIpc) is 2.15. The lowest BCUT2D eigenvalue weighted by Gasteiger charge is -2.16. The normalized spacial score (nSPS) is 16.1. The second kappa shape index (κ2) is 6.97. The minimum absolute atomic E-state index is 0.0494. The lowest BCUT2D eigenvalue weighted by atomic mass is 9.97. The molecule has 0 spiro atoms. The van der Waals surface area contributed by atoms with Crippen molar-refractivity contribution in [2.45, 2.75) is 39.0 Å². The molecule has 1 N–H and O–H groups in total. The van der Waals surface area contributed by atoms with E-state index < -0.39 is 11.5 Å². The maximum atomic E-state index is 11.4. The molecule has 0 aromatic heterocycles. The van der Waals surface area contributed by atoms with Crippen molar-refractivity contribution < 1.29 is 14.6 Å². The predicted octanol–water partition coefficient (Wildman–Crippen LogP) is 2.24. The van der Waals surface area contributed by atoms with Crippen LogP contribution in [0.25, 0.3) is 0 Å². The van der Waals surface area contributed by atoms with E-state index in [1.54, 1.807) is 24.8 Å². The Kier molecular flexibility index (Phi) is 6.76. The average molecular weight is 246 g/mol. The van der Waals surface area contributed by atoms with Gasteiger partial charge in [-0.25, -0.2) is 0 Å². The fourth-order valence-electron chi connectivity index (χ4n) is 0.966. The molecule has 0 fully saturated rings. The van der Waals surface area contributed by atoms with Crippen LogP contribution in [0.5, 0.6) is 0 Å². The quantitative estimate of drug-likeness (QED) is 0.597. The molecule has 0 unspecified atom stereocenters. The van der Waals surface area contributed by atoms with Gasteiger partial charge in [0, 0.05) is 5.25 Å². The molecule has 0 rings (SSSR count). The molecule has 4 heteroatoms. The summed E-state index contributed by atoms with van der Waals surface area (Å²) >= 11 is 1.57. The molecule has 2 atom stereocenters. The van der Waals surface area contributed by atoms with Gasteiger partial charge in [-0.15, -0.1) is 0 Å². The molecular weight excluding hydrogens is 224 g/mol. The summed E-state index contributed by atoms with van der Waals surface area (Å²) in [5, 5.41) is 9.42. The third-order valence-corrected chi connectivity index (χ3v) is 3.09. The van der Waals surface area contributed by atoms with Gasteiger partial charge in [-0.1, -0.05) is 12.2 Å². The summed E-state index contributed by atoms with van der Waals surface area (Å²) in [6.45, 7) is 7.46. The van der Waals surface area contributed by atoms with Gasteiger partial charge in [0.1, 0.15) is 6.61 Å². The van der Waals surface area contributed by atoms with Crippen LogP contribution in [0.2, 0.25) is 0 Å².